The Labute approximate surface area is 252 Å². The van der Waals surface area contributed by atoms with Gasteiger partial charge in [-0.1, -0.05) is 126 Å². The summed E-state index contributed by atoms with van der Waals surface area (Å²) in [6.07, 6.45) is 33.1. The largest absolute Gasteiger partial charge is 0.393 e. The first-order valence-corrected chi connectivity index (χ1v) is 14.9. The molecule has 220 valence electrons. The van der Waals surface area contributed by atoms with Crippen molar-refractivity contribution in [3.63, 3.8) is 0 Å². The van der Waals surface area contributed by atoms with Crippen LogP contribution in [0, 0.1) is 17.3 Å². The van der Waals surface area contributed by atoms with Crippen LogP contribution in [0.3, 0.4) is 0 Å². The summed E-state index contributed by atoms with van der Waals surface area (Å²) in [6.45, 7) is 21.4. The van der Waals surface area contributed by atoms with Crippen molar-refractivity contribution in [2.75, 3.05) is 0 Å². The summed E-state index contributed by atoms with van der Waals surface area (Å²) < 4.78 is 0. The first-order chi connectivity index (χ1) is 19.3. The Kier molecular flexibility index (Phi) is 16.5. The molecular formula is C40H54O. The third kappa shape index (κ3) is 16.5. The molecule has 0 saturated heterocycles. The van der Waals surface area contributed by atoms with Gasteiger partial charge >= 0.3 is 0 Å². The number of aliphatic hydroxyl groups excluding tert-OH is 1. The van der Waals surface area contributed by atoms with Crippen LogP contribution < -0.4 is 0 Å². The zero-order chi connectivity index (χ0) is 30.8. The minimum absolute atomic E-state index is 0.00385. The van der Waals surface area contributed by atoms with Crippen molar-refractivity contribution in [3.8, 4) is 11.8 Å². The van der Waals surface area contributed by atoms with Gasteiger partial charge in [0.15, 0.2) is 0 Å². The van der Waals surface area contributed by atoms with Crippen molar-refractivity contribution >= 4 is 0 Å². The van der Waals surface area contributed by atoms with Gasteiger partial charge in [-0.05, 0) is 115 Å². The second-order valence-electron chi connectivity index (χ2n) is 12.3. The topological polar surface area (TPSA) is 20.2 Å². The average molecular weight is 551 g/mol. The summed E-state index contributed by atoms with van der Waals surface area (Å²) in [5.41, 5.74) is 10.0. The van der Waals surface area contributed by atoms with Crippen LogP contribution in [0.25, 0.3) is 0 Å². The summed E-state index contributed by atoms with van der Waals surface area (Å²) in [6, 6.07) is 0. The van der Waals surface area contributed by atoms with Gasteiger partial charge in [0.2, 0.25) is 0 Å². The van der Waals surface area contributed by atoms with Gasteiger partial charge in [-0.15, -0.1) is 0 Å². The lowest BCUT2D eigenvalue weighted by Crippen LogP contribution is -2.28. The Balaban J connectivity index is 2.63. The number of rotatable bonds is 11. The first kappa shape index (κ1) is 35.7. The molecule has 0 aliphatic heterocycles. The highest BCUT2D eigenvalue weighted by atomic mass is 16.3. The maximum absolute atomic E-state index is 10.1. The number of aliphatic hydroxyl groups is 1. The minimum atomic E-state index is -0.227. The summed E-state index contributed by atoms with van der Waals surface area (Å²) >= 11 is 0. The van der Waals surface area contributed by atoms with E-state index in [0.29, 0.717) is 0 Å². The number of hydrogen-bond acceptors (Lipinski definition) is 1. The maximum Gasteiger partial charge on any atom is 0.0585 e. The summed E-state index contributed by atoms with van der Waals surface area (Å²) in [5, 5.41) is 10.1. The molecule has 1 atom stereocenters. The Bertz CT molecular complexity index is 1270. The second kappa shape index (κ2) is 18.9. The van der Waals surface area contributed by atoms with E-state index in [1.165, 1.54) is 33.4 Å². The van der Waals surface area contributed by atoms with Crippen LogP contribution in [0.2, 0.25) is 0 Å². The Hall–Kier alpha value is -3.34. The van der Waals surface area contributed by atoms with E-state index in [2.05, 4.69) is 154 Å². The predicted octanol–water partition coefficient (Wildman–Crippen LogP) is 11.2. The van der Waals surface area contributed by atoms with Gasteiger partial charge < -0.3 is 5.11 Å². The highest BCUT2D eigenvalue weighted by Gasteiger charge is 2.31. The van der Waals surface area contributed by atoms with Gasteiger partial charge in [0.25, 0.3) is 0 Å². The van der Waals surface area contributed by atoms with Crippen molar-refractivity contribution in [3.05, 3.63) is 130 Å². The molecule has 0 fully saturated rings. The molecule has 0 bridgehead atoms. The number of allylic oxidation sites excluding steroid dienone is 21. The highest BCUT2D eigenvalue weighted by Crippen LogP contribution is 2.41. The Morgan fingerprint density at radius 1 is 0.780 bits per heavy atom. The summed E-state index contributed by atoms with van der Waals surface area (Å²) in [7, 11) is 0. The van der Waals surface area contributed by atoms with Gasteiger partial charge in [0.05, 0.1) is 6.10 Å². The monoisotopic (exact) mass is 550 g/mol. The van der Waals surface area contributed by atoms with E-state index < -0.39 is 0 Å². The van der Waals surface area contributed by atoms with Crippen LogP contribution in [0.5, 0.6) is 0 Å². The Morgan fingerprint density at radius 3 is 1.83 bits per heavy atom. The molecule has 0 unspecified atom stereocenters. The van der Waals surface area contributed by atoms with Gasteiger partial charge in [0, 0.05) is 0 Å². The molecule has 0 aromatic rings. The molecule has 0 amide bonds. The third-order valence-corrected chi connectivity index (χ3v) is 6.94. The van der Waals surface area contributed by atoms with E-state index in [4.69, 9.17) is 0 Å². The molecule has 1 aliphatic carbocycles. The van der Waals surface area contributed by atoms with Crippen molar-refractivity contribution in [1.29, 1.82) is 0 Å². The van der Waals surface area contributed by atoms with Crippen LogP contribution in [0.1, 0.15) is 94.9 Å². The molecule has 1 heteroatoms. The molecule has 1 nitrogen and oxygen atoms in total. The zero-order valence-electron chi connectivity index (χ0n) is 27.4. The zero-order valence-corrected chi connectivity index (χ0v) is 27.4. The van der Waals surface area contributed by atoms with Crippen molar-refractivity contribution in [2.24, 2.45) is 5.41 Å². The maximum atomic E-state index is 10.1. The smallest absolute Gasteiger partial charge is 0.0585 e. The van der Waals surface area contributed by atoms with Crippen molar-refractivity contribution in [2.45, 2.75) is 101 Å². The molecule has 0 spiro atoms. The molecule has 0 saturated carbocycles. The number of hydrogen-bond donors (Lipinski definition) is 1. The standard InChI is InChI=1S/C40H54O/c1-31(2)17-13-20-34(5)23-15-25-35(6)24-14-21-32(3)18-11-12-19-33(4)22-16-26-36(7)27-28-39-37(8)29-38(41)30-40(39,9)10/h14-19,21-28,38,41H,13,20,29-30H2,1-10H3/b21-14+,22-16+,25-15+,28-27+,32-18+,33-19+,34-23+,35-24+,36-26+/t38-/m1/s1. The van der Waals surface area contributed by atoms with E-state index in [1.807, 2.05) is 12.2 Å². The minimum Gasteiger partial charge on any atom is -0.393 e. The quantitative estimate of drug-likeness (QED) is 0.154. The molecule has 0 aromatic carbocycles. The van der Waals surface area contributed by atoms with Gasteiger partial charge in [-0.3, -0.25) is 0 Å². The van der Waals surface area contributed by atoms with E-state index in [9.17, 15) is 5.11 Å². The molecule has 0 aromatic heterocycles. The van der Waals surface area contributed by atoms with Crippen molar-refractivity contribution in [1.82, 2.24) is 0 Å². The fourth-order valence-corrected chi connectivity index (χ4v) is 4.65. The van der Waals surface area contributed by atoms with Crippen LogP contribution in [0.4, 0.5) is 0 Å². The molecule has 1 rings (SSSR count). The normalized spacial score (nSPS) is 19.6. The lowest BCUT2D eigenvalue weighted by atomic mass is 9.71. The Morgan fingerprint density at radius 2 is 1.29 bits per heavy atom. The summed E-state index contributed by atoms with van der Waals surface area (Å²) in [5.74, 6) is 6.25. The second-order valence-corrected chi connectivity index (χ2v) is 12.3. The van der Waals surface area contributed by atoms with Crippen LogP contribution in [-0.2, 0) is 0 Å². The van der Waals surface area contributed by atoms with Crippen molar-refractivity contribution < 1.29 is 5.11 Å². The molecule has 1 N–H and O–H groups in total. The summed E-state index contributed by atoms with van der Waals surface area (Å²) in [4.78, 5) is 0. The molecular weight excluding hydrogens is 496 g/mol. The fraction of sp³-hybridized carbons (Fsp3) is 0.400. The lowest BCUT2D eigenvalue weighted by Gasteiger charge is -2.35. The first-order valence-electron chi connectivity index (χ1n) is 14.9. The third-order valence-electron chi connectivity index (χ3n) is 6.94. The lowest BCUT2D eigenvalue weighted by molar-refractivity contribution is 0.116. The fourth-order valence-electron chi connectivity index (χ4n) is 4.65. The van der Waals surface area contributed by atoms with E-state index >= 15 is 0 Å². The van der Waals surface area contributed by atoms with E-state index in [-0.39, 0.29) is 11.5 Å². The van der Waals surface area contributed by atoms with Gasteiger partial charge in [-0.25, -0.2) is 0 Å². The molecule has 1 aliphatic rings. The molecule has 0 heterocycles. The van der Waals surface area contributed by atoms with Gasteiger partial charge in [-0.2, -0.15) is 0 Å². The molecule has 0 radical (unpaired) electrons. The average Bonchev–Trinajstić information content (AvgIpc) is 2.85. The van der Waals surface area contributed by atoms with E-state index in [0.717, 1.165) is 36.8 Å². The SMILES string of the molecule is CC(C)=CCC/C(C)=C/C=C/C(C)=C/C=C/C(C)=C/C#C/C=C(C)/C=C/C=C(C)/C=C/C1=C(C)C[C@@H](O)CC1(C)C. The molecule has 41 heavy (non-hydrogen) atoms. The van der Waals surface area contributed by atoms with Crippen LogP contribution in [0.15, 0.2) is 130 Å². The predicted molar refractivity (Wildman–Crippen MR) is 184 cm³/mol. The highest BCUT2D eigenvalue weighted by molar-refractivity contribution is 5.39. The van der Waals surface area contributed by atoms with Gasteiger partial charge in [0.1, 0.15) is 0 Å². The van der Waals surface area contributed by atoms with Crippen LogP contribution >= 0.6 is 0 Å². The van der Waals surface area contributed by atoms with Crippen LogP contribution in [-0.4, -0.2) is 11.2 Å². The van der Waals surface area contributed by atoms with E-state index in [1.54, 1.807) is 0 Å².